The molecule has 3 aromatic carbocycles. The summed E-state index contributed by atoms with van der Waals surface area (Å²) in [6, 6.07) is 20.3. The van der Waals surface area contributed by atoms with E-state index in [1.54, 1.807) is 6.07 Å². The molecule has 0 saturated heterocycles. The van der Waals surface area contributed by atoms with Gasteiger partial charge in [0.1, 0.15) is 11.6 Å². The molecule has 0 fully saturated rings. The van der Waals surface area contributed by atoms with E-state index in [2.05, 4.69) is 20.6 Å². The fourth-order valence-electron chi connectivity index (χ4n) is 3.28. The van der Waals surface area contributed by atoms with Gasteiger partial charge >= 0.3 is 0 Å². The molecule has 0 atom stereocenters. The lowest BCUT2D eigenvalue weighted by molar-refractivity contribution is 0.288. The number of aliphatic hydroxyl groups is 1. The Hall–Kier alpha value is -3.51. The highest BCUT2D eigenvalue weighted by molar-refractivity contribution is 5.92. The molecule has 152 valence electrons. The summed E-state index contributed by atoms with van der Waals surface area (Å²) in [6.45, 7) is 2.20. The lowest BCUT2D eigenvalue weighted by Gasteiger charge is -2.13. The second-order valence-electron chi connectivity index (χ2n) is 7.20. The monoisotopic (exact) mass is 402 g/mol. The molecule has 4 aromatic rings. The van der Waals surface area contributed by atoms with Gasteiger partial charge < -0.3 is 15.7 Å². The maximum atomic E-state index is 13.9. The van der Waals surface area contributed by atoms with Crippen molar-refractivity contribution in [2.24, 2.45) is 0 Å². The lowest BCUT2D eigenvalue weighted by Crippen LogP contribution is -2.03. The molecule has 0 saturated carbocycles. The zero-order valence-corrected chi connectivity index (χ0v) is 16.7. The minimum absolute atomic E-state index is 0.183. The molecule has 4 rings (SSSR count). The van der Waals surface area contributed by atoms with Crippen molar-refractivity contribution in [3.8, 4) is 0 Å². The van der Waals surface area contributed by atoms with Gasteiger partial charge in [0.2, 0.25) is 5.95 Å². The van der Waals surface area contributed by atoms with Crippen LogP contribution in [0.3, 0.4) is 0 Å². The summed E-state index contributed by atoms with van der Waals surface area (Å²) < 4.78 is 13.9. The van der Waals surface area contributed by atoms with Gasteiger partial charge in [-0.3, -0.25) is 0 Å². The summed E-state index contributed by atoms with van der Waals surface area (Å²) in [7, 11) is 0. The minimum atomic E-state index is -0.336. The molecule has 0 aliphatic rings. The number of nitrogens with one attached hydrogen (secondary N) is 2. The van der Waals surface area contributed by atoms with E-state index in [9.17, 15) is 4.39 Å². The van der Waals surface area contributed by atoms with Gasteiger partial charge in [-0.15, -0.1) is 0 Å². The van der Waals surface area contributed by atoms with Crippen LogP contribution in [0.1, 0.15) is 17.5 Å². The van der Waals surface area contributed by atoms with E-state index in [1.807, 2.05) is 55.5 Å². The topological polar surface area (TPSA) is 70.1 Å². The third-order valence-corrected chi connectivity index (χ3v) is 4.77. The Morgan fingerprint density at radius 1 is 0.900 bits per heavy atom. The molecule has 30 heavy (non-hydrogen) atoms. The average molecular weight is 402 g/mol. The Kier molecular flexibility index (Phi) is 5.86. The first-order valence-corrected chi connectivity index (χ1v) is 9.88. The quantitative estimate of drug-likeness (QED) is 0.381. The van der Waals surface area contributed by atoms with Crippen LogP contribution in [0, 0.1) is 12.7 Å². The normalized spacial score (nSPS) is 10.9. The fourth-order valence-corrected chi connectivity index (χ4v) is 3.28. The second kappa shape index (κ2) is 8.88. The molecule has 1 aromatic heterocycles. The third kappa shape index (κ3) is 4.72. The number of fused-ring (bicyclic) bond motifs is 1. The number of aliphatic hydroxyl groups excluding tert-OH is 1. The molecule has 6 heteroatoms. The summed E-state index contributed by atoms with van der Waals surface area (Å²) in [5, 5.41) is 16.1. The molecular weight excluding hydrogens is 379 g/mol. The molecular formula is C24H23FN4O. The van der Waals surface area contributed by atoms with Crippen molar-refractivity contribution in [1.29, 1.82) is 0 Å². The van der Waals surface area contributed by atoms with Gasteiger partial charge in [0.05, 0.1) is 5.52 Å². The van der Waals surface area contributed by atoms with Crippen molar-refractivity contribution in [2.75, 3.05) is 17.2 Å². The van der Waals surface area contributed by atoms with Crippen LogP contribution in [-0.4, -0.2) is 21.7 Å². The Balaban J connectivity index is 1.66. The first-order chi connectivity index (χ1) is 14.6. The number of benzene rings is 3. The van der Waals surface area contributed by atoms with E-state index in [-0.39, 0.29) is 12.4 Å². The average Bonchev–Trinajstić information content (AvgIpc) is 2.74. The maximum Gasteiger partial charge on any atom is 0.229 e. The number of halogens is 1. The molecule has 0 unspecified atom stereocenters. The van der Waals surface area contributed by atoms with Gasteiger partial charge in [0, 0.05) is 23.4 Å². The van der Waals surface area contributed by atoms with Gasteiger partial charge in [0.15, 0.2) is 0 Å². The first-order valence-electron chi connectivity index (χ1n) is 9.88. The van der Waals surface area contributed by atoms with Gasteiger partial charge in [-0.1, -0.05) is 24.3 Å². The summed E-state index contributed by atoms with van der Waals surface area (Å²) in [5.41, 5.74) is 4.64. The second-order valence-corrected chi connectivity index (χ2v) is 7.20. The molecule has 5 nitrogen and oxygen atoms in total. The van der Waals surface area contributed by atoms with E-state index in [1.165, 1.54) is 12.1 Å². The molecule has 0 radical (unpaired) electrons. The van der Waals surface area contributed by atoms with Crippen LogP contribution in [0.5, 0.6) is 0 Å². The number of aryl methyl sites for hydroxylation is 2. The van der Waals surface area contributed by atoms with Crippen LogP contribution in [0.15, 0.2) is 66.7 Å². The van der Waals surface area contributed by atoms with E-state index in [0.717, 1.165) is 35.3 Å². The van der Waals surface area contributed by atoms with Crippen LogP contribution in [-0.2, 0) is 6.42 Å². The summed E-state index contributed by atoms with van der Waals surface area (Å²) in [5.74, 6) is 0.622. The first kappa shape index (κ1) is 19.8. The van der Waals surface area contributed by atoms with Crippen LogP contribution in [0.25, 0.3) is 10.9 Å². The van der Waals surface area contributed by atoms with Gasteiger partial charge in [0.25, 0.3) is 0 Å². The number of hydrogen-bond donors (Lipinski definition) is 3. The van der Waals surface area contributed by atoms with E-state index in [0.29, 0.717) is 22.7 Å². The smallest absolute Gasteiger partial charge is 0.229 e. The predicted octanol–water partition coefficient (Wildman–Crippen LogP) is 5.49. The highest BCUT2D eigenvalue weighted by Crippen LogP contribution is 2.27. The predicted molar refractivity (Wildman–Crippen MR) is 119 cm³/mol. The summed E-state index contributed by atoms with van der Waals surface area (Å²) in [4.78, 5) is 9.14. The van der Waals surface area contributed by atoms with Gasteiger partial charge in [-0.2, -0.15) is 4.98 Å². The van der Waals surface area contributed by atoms with Crippen molar-refractivity contribution in [3.05, 3.63) is 83.7 Å². The lowest BCUT2D eigenvalue weighted by atomic mass is 10.1. The minimum Gasteiger partial charge on any atom is -0.396 e. The third-order valence-electron chi connectivity index (χ3n) is 4.77. The van der Waals surface area contributed by atoms with Crippen molar-refractivity contribution >= 4 is 34.0 Å². The van der Waals surface area contributed by atoms with E-state index < -0.39 is 0 Å². The zero-order chi connectivity index (χ0) is 20.9. The zero-order valence-electron chi connectivity index (χ0n) is 16.7. The van der Waals surface area contributed by atoms with Crippen molar-refractivity contribution in [2.45, 2.75) is 19.8 Å². The fraction of sp³-hybridized carbons (Fsp3) is 0.167. The van der Waals surface area contributed by atoms with Crippen LogP contribution >= 0.6 is 0 Å². The molecule has 3 N–H and O–H groups in total. The van der Waals surface area contributed by atoms with E-state index >= 15 is 0 Å². The highest BCUT2D eigenvalue weighted by Gasteiger charge is 2.10. The standard InChI is InChI=1S/C24H23FN4O/c1-16-4-2-6-20(14-16)26-23-21-15-18(25)9-12-22(21)28-24(29-23)27-19-10-7-17(8-11-19)5-3-13-30/h2,4,6-12,14-15,30H,3,5,13H2,1H3,(H2,26,27,28,29). The number of hydrogen-bond acceptors (Lipinski definition) is 5. The Bertz CT molecular complexity index is 1160. The summed E-state index contributed by atoms with van der Waals surface area (Å²) in [6.07, 6.45) is 1.57. The van der Waals surface area contributed by atoms with Gasteiger partial charge in [-0.05, 0) is 73.4 Å². The molecule has 0 bridgehead atoms. The van der Waals surface area contributed by atoms with Crippen LogP contribution in [0.2, 0.25) is 0 Å². The van der Waals surface area contributed by atoms with Crippen molar-refractivity contribution in [1.82, 2.24) is 9.97 Å². The van der Waals surface area contributed by atoms with Gasteiger partial charge in [-0.25, -0.2) is 9.37 Å². The number of rotatable bonds is 7. The van der Waals surface area contributed by atoms with Crippen LogP contribution < -0.4 is 10.6 Å². The van der Waals surface area contributed by atoms with Crippen LogP contribution in [0.4, 0.5) is 27.5 Å². The Morgan fingerprint density at radius 3 is 2.50 bits per heavy atom. The molecule has 0 aliphatic carbocycles. The number of anilines is 4. The van der Waals surface area contributed by atoms with Crippen molar-refractivity contribution < 1.29 is 9.50 Å². The molecule has 0 spiro atoms. The maximum absolute atomic E-state index is 13.9. The number of aromatic nitrogens is 2. The highest BCUT2D eigenvalue weighted by atomic mass is 19.1. The Morgan fingerprint density at radius 2 is 1.73 bits per heavy atom. The van der Waals surface area contributed by atoms with E-state index in [4.69, 9.17) is 5.11 Å². The Labute approximate surface area is 174 Å². The van der Waals surface area contributed by atoms with Crippen molar-refractivity contribution in [3.63, 3.8) is 0 Å². The largest absolute Gasteiger partial charge is 0.396 e. The number of nitrogens with zero attached hydrogens (tertiary/aromatic N) is 2. The SMILES string of the molecule is Cc1cccc(Nc2nc(Nc3ccc(CCCO)cc3)nc3ccc(F)cc23)c1. The summed E-state index contributed by atoms with van der Waals surface area (Å²) >= 11 is 0. The molecule has 0 amide bonds. The molecule has 0 aliphatic heterocycles. The molecule has 1 heterocycles.